The highest BCUT2D eigenvalue weighted by molar-refractivity contribution is 7.65. The van der Waals surface area contributed by atoms with E-state index < -0.39 is 52.1 Å². The lowest BCUT2D eigenvalue weighted by Gasteiger charge is -2.31. The summed E-state index contributed by atoms with van der Waals surface area (Å²) < 4.78 is 39.0. The Morgan fingerprint density at radius 1 is 1.17 bits per heavy atom. The zero-order chi connectivity index (χ0) is 31.4. The van der Waals surface area contributed by atoms with Gasteiger partial charge < -0.3 is 34.5 Å². The van der Waals surface area contributed by atoms with Gasteiger partial charge in [-0.05, 0) is 35.1 Å². The Hall–Kier alpha value is -1.84. The molecule has 1 saturated heterocycles. The Bertz CT molecular complexity index is 1150. The largest absolute Gasteiger partial charge is 0.544 e. The van der Waals surface area contributed by atoms with Crippen LogP contribution in [-0.2, 0) is 28.0 Å². The summed E-state index contributed by atoms with van der Waals surface area (Å²) in [5, 5.41) is 7.60. The third-order valence-electron chi connectivity index (χ3n) is 5.78. The number of rotatable bonds is 13. The highest BCUT2D eigenvalue weighted by Crippen LogP contribution is 2.49. The number of carbonyl (C=O) groups excluding carboxylic acids is 3. The average molecular weight is 674 g/mol. The number of alkyl carbamates (subject to hydrolysis) is 1. The highest BCUT2D eigenvalue weighted by Gasteiger charge is 2.47. The zero-order valence-corrected chi connectivity index (χ0v) is 26.2. The van der Waals surface area contributed by atoms with E-state index in [1.54, 1.807) is 11.4 Å². The predicted molar refractivity (Wildman–Crippen MR) is 154 cm³/mol. The Morgan fingerprint density at radius 2 is 1.81 bits per heavy atom. The molecule has 3 atom stereocenters. The van der Waals surface area contributed by atoms with Gasteiger partial charge in [-0.15, -0.1) is 0 Å². The minimum absolute atomic E-state index is 0.144. The van der Waals surface area contributed by atoms with Crippen LogP contribution < -0.4 is 16.0 Å². The topological polar surface area (TPSA) is 213 Å². The molecular weight excluding hydrogens is 640 g/mol. The van der Waals surface area contributed by atoms with Crippen LogP contribution in [0.3, 0.4) is 0 Å². The summed E-state index contributed by atoms with van der Waals surface area (Å²) in [4.78, 5) is 65.9. The van der Waals surface area contributed by atoms with Gasteiger partial charge in [-0.2, -0.15) is 4.89 Å². The molecule has 15 nitrogen and oxygen atoms in total. The maximum atomic E-state index is 12.7. The van der Waals surface area contributed by atoms with Crippen molar-refractivity contribution in [2.24, 2.45) is 5.92 Å². The van der Waals surface area contributed by atoms with E-state index in [2.05, 4.69) is 10.6 Å². The van der Waals surface area contributed by atoms with Gasteiger partial charge in [-0.1, -0.05) is 37.0 Å². The summed E-state index contributed by atoms with van der Waals surface area (Å²) in [6.45, 7) is 4.92. The van der Waals surface area contributed by atoms with Gasteiger partial charge in [-0.3, -0.25) is 24.4 Å². The minimum atomic E-state index is -5.06. The van der Waals surface area contributed by atoms with Gasteiger partial charge in [0.15, 0.2) is 0 Å². The first-order valence-corrected chi connectivity index (χ1v) is 16.5. The molecule has 0 bridgehead atoms. The van der Waals surface area contributed by atoms with Crippen LogP contribution in [-0.4, -0.2) is 102 Å². The van der Waals surface area contributed by atoms with Crippen molar-refractivity contribution in [2.75, 3.05) is 46.0 Å². The zero-order valence-electron chi connectivity index (χ0n) is 22.9. The number of hydrogen-bond donors (Lipinski definition) is 6. The Morgan fingerprint density at radius 3 is 2.38 bits per heavy atom. The number of carbonyl (C=O) groups is 3. The molecule has 20 heteroatoms. The maximum absolute atomic E-state index is 12.7. The SMILES string of the molecule is CC(C)C[C@@H](NC(=O)CNC(=O)c1cc(Cl)ccc1Cl)B1OCCN(CCOC(=O)NC([P+](=O)O)P(=O)(O)O)CCO1. The van der Waals surface area contributed by atoms with Crippen LogP contribution in [0.1, 0.15) is 30.6 Å². The number of nitrogens with zero attached hydrogens (tertiary/aromatic N) is 1. The molecule has 1 fully saturated rings. The van der Waals surface area contributed by atoms with E-state index >= 15 is 0 Å². The van der Waals surface area contributed by atoms with Crippen molar-refractivity contribution in [3.05, 3.63) is 33.8 Å². The molecule has 0 saturated carbocycles. The third-order valence-corrected chi connectivity index (χ3v) is 9.15. The number of amides is 3. The molecule has 1 aliphatic rings. The third kappa shape index (κ3) is 12.8. The fourth-order valence-corrected chi connectivity index (χ4v) is 5.72. The molecular formula is C22H34BCl2N4O11P2+. The van der Waals surface area contributed by atoms with Gasteiger partial charge in [-0.25, -0.2) is 4.79 Å². The molecule has 1 aliphatic heterocycles. The molecule has 0 aromatic heterocycles. The Labute approximate surface area is 254 Å². The monoisotopic (exact) mass is 673 g/mol. The van der Waals surface area contributed by atoms with Crippen molar-refractivity contribution < 1.29 is 52.2 Å². The van der Waals surface area contributed by atoms with Gasteiger partial charge >= 0.3 is 34.4 Å². The molecule has 0 spiro atoms. The number of halogens is 2. The molecule has 1 aromatic carbocycles. The van der Waals surface area contributed by atoms with E-state index in [0.29, 0.717) is 24.5 Å². The second-order valence-electron chi connectivity index (χ2n) is 9.61. The van der Waals surface area contributed by atoms with Crippen molar-refractivity contribution in [1.29, 1.82) is 0 Å². The van der Waals surface area contributed by atoms with Crippen molar-refractivity contribution in [3.8, 4) is 0 Å². The highest BCUT2D eigenvalue weighted by atomic mass is 35.5. The van der Waals surface area contributed by atoms with E-state index in [1.165, 1.54) is 12.1 Å². The van der Waals surface area contributed by atoms with Crippen LogP contribution in [0.15, 0.2) is 18.2 Å². The lowest BCUT2D eigenvalue weighted by Crippen LogP contribution is -2.54. The molecule has 0 aliphatic carbocycles. The molecule has 1 heterocycles. The Kier molecular flexibility index (Phi) is 15.1. The summed E-state index contributed by atoms with van der Waals surface area (Å²) in [6, 6.07) is 4.43. The van der Waals surface area contributed by atoms with Crippen molar-refractivity contribution >= 4 is 63.9 Å². The molecule has 0 radical (unpaired) electrons. The van der Waals surface area contributed by atoms with Crippen molar-refractivity contribution in [1.82, 2.24) is 20.9 Å². The molecule has 6 N–H and O–H groups in total. The fourth-order valence-electron chi connectivity index (χ4n) is 3.83. The standard InChI is InChI=1S/C22H33BCl2N4O11P2/c1-14(2)11-18(27-19(30)13-26-20(31)16-12-15(24)3-4-17(16)25)23-39-9-6-29(7-10-40-23)5-8-38-21(32)28-22(41(33)34)42(35,36)37/h3-4,12,14,18,22H,5-11,13H2,1-2H3,(H5-,26,27,28,30,31,32,33,34,35,36,37)/p+1/t18-,22?/m1/s1. The first-order chi connectivity index (χ1) is 19.7. The molecule has 1 aromatic rings. The lowest BCUT2D eigenvalue weighted by atomic mass is 9.73. The summed E-state index contributed by atoms with van der Waals surface area (Å²) in [5.74, 6) is -1.34. The number of hydrogen-bond acceptors (Lipinski definition) is 9. The number of ether oxygens (including phenoxy) is 1. The van der Waals surface area contributed by atoms with Crippen LogP contribution in [0.5, 0.6) is 0 Å². The quantitative estimate of drug-likeness (QED) is 0.130. The van der Waals surface area contributed by atoms with Crippen LogP contribution in [0.2, 0.25) is 10.0 Å². The summed E-state index contributed by atoms with van der Waals surface area (Å²) >= 11 is 12.0. The fraction of sp³-hybridized carbons (Fsp3) is 0.591. The van der Waals surface area contributed by atoms with E-state index in [4.69, 9.17) is 51.9 Å². The first-order valence-electron chi connectivity index (χ1n) is 12.8. The molecule has 234 valence electrons. The lowest BCUT2D eigenvalue weighted by molar-refractivity contribution is -0.120. The van der Waals surface area contributed by atoms with Gasteiger partial charge in [0, 0.05) is 37.9 Å². The summed E-state index contributed by atoms with van der Waals surface area (Å²) in [7, 11) is -9.20. The summed E-state index contributed by atoms with van der Waals surface area (Å²) in [5.41, 5.74) is -2.12. The molecule has 3 amide bonds. The maximum Gasteiger partial charge on any atom is 0.544 e. The van der Waals surface area contributed by atoms with Crippen LogP contribution in [0.4, 0.5) is 4.79 Å². The van der Waals surface area contributed by atoms with E-state index in [9.17, 15) is 23.5 Å². The molecule has 2 unspecified atom stereocenters. The van der Waals surface area contributed by atoms with E-state index in [1.807, 2.05) is 18.7 Å². The normalized spacial score (nSPS) is 16.6. The smallest absolute Gasteiger partial charge is 0.448 e. The van der Waals surface area contributed by atoms with Gasteiger partial charge in [0.05, 0.1) is 23.1 Å². The molecule has 42 heavy (non-hydrogen) atoms. The van der Waals surface area contributed by atoms with E-state index in [0.717, 1.165) is 0 Å². The van der Waals surface area contributed by atoms with Gasteiger partial charge in [0.25, 0.3) is 5.91 Å². The van der Waals surface area contributed by atoms with Crippen LogP contribution >= 0.6 is 38.8 Å². The van der Waals surface area contributed by atoms with Crippen LogP contribution in [0.25, 0.3) is 0 Å². The minimum Gasteiger partial charge on any atom is -0.448 e. The Balaban J connectivity index is 1.82. The average Bonchev–Trinajstić information content (AvgIpc) is 2.87. The number of nitrogens with one attached hydrogen (secondary N) is 3. The first kappa shape index (κ1) is 36.4. The van der Waals surface area contributed by atoms with E-state index in [-0.39, 0.29) is 49.4 Å². The van der Waals surface area contributed by atoms with Gasteiger partial charge in [0.1, 0.15) is 6.61 Å². The van der Waals surface area contributed by atoms with Gasteiger partial charge in [0.2, 0.25) is 5.91 Å². The second kappa shape index (κ2) is 17.5. The van der Waals surface area contributed by atoms with Crippen LogP contribution in [0, 0.1) is 5.92 Å². The molecule has 2 rings (SSSR count). The van der Waals surface area contributed by atoms with Crippen molar-refractivity contribution in [3.63, 3.8) is 0 Å². The second-order valence-corrected chi connectivity index (χ2v) is 13.7. The van der Waals surface area contributed by atoms with Crippen molar-refractivity contribution in [2.45, 2.75) is 31.7 Å². The predicted octanol–water partition coefficient (Wildman–Crippen LogP) is 1.55. The number of benzene rings is 1. The summed E-state index contributed by atoms with van der Waals surface area (Å²) in [6.07, 6.45) is -0.717.